The van der Waals surface area contributed by atoms with Gasteiger partial charge in [-0.1, -0.05) is 31.5 Å². The largest absolute Gasteiger partial charge is 0.508 e. The molecule has 0 saturated carbocycles. The molecule has 1 atom stereocenters. The Hall–Kier alpha value is -1.02. The normalized spacial score (nSPS) is 13.1. The molecule has 1 aromatic carbocycles. The van der Waals surface area contributed by atoms with Gasteiger partial charge in [-0.15, -0.1) is 0 Å². The molecule has 0 bridgehead atoms. The van der Waals surface area contributed by atoms with Crippen molar-refractivity contribution in [3.8, 4) is 5.75 Å². The Morgan fingerprint density at radius 3 is 2.60 bits per heavy atom. The van der Waals surface area contributed by atoms with Crippen LogP contribution in [0, 0.1) is 0 Å². The molecule has 0 spiro atoms. The van der Waals surface area contributed by atoms with Crippen LogP contribution in [0.4, 0.5) is 0 Å². The van der Waals surface area contributed by atoms with Gasteiger partial charge in [0.1, 0.15) is 5.75 Å². The molecule has 0 saturated heterocycles. The number of hydrogen-bond acceptors (Lipinski definition) is 2. The smallest absolute Gasteiger partial charge is 0.120 e. The Bertz CT molecular complexity index is 298. The van der Waals surface area contributed by atoms with Crippen LogP contribution in [0.25, 0.3) is 0 Å². The maximum Gasteiger partial charge on any atom is 0.120 e. The molecular weight excluding hydrogens is 186 g/mol. The van der Waals surface area contributed by atoms with Gasteiger partial charge in [-0.3, -0.25) is 4.90 Å². The van der Waals surface area contributed by atoms with Crippen LogP contribution in [0.15, 0.2) is 24.3 Å². The topological polar surface area (TPSA) is 23.5 Å². The Morgan fingerprint density at radius 1 is 1.33 bits per heavy atom. The summed E-state index contributed by atoms with van der Waals surface area (Å²) in [4.78, 5) is 2.28. The second kappa shape index (κ2) is 5.76. The van der Waals surface area contributed by atoms with Crippen LogP contribution < -0.4 is 0 Å². The number of hydrogen-bond donors (Lipinski definition) is 1. The number of para-hydroxylation sites is 1. The lowest BCUT2D eigenvalue weighted by Crippen LogP contribution is -2.23. The van der Waals surface area contributed by atoms with Crippen LogP contribution in [0.3, 0.4) is 0 Å². The molecule has 0 amide bonds. The summed E-state index contributed by atoms with van der Waals surface area (Å²) < 4.78 is 0. The third-order valence-corrected chi connectivity index (χ3v) is 2.91. The Morgan fingerprint density at radius 2 is 2.00 bits per heavy atom. The molecule has 0 radical (unpaired) electrons. The minimum Gasteiger partial charge on any atom is -0.508 e. The summed E-state index contributed by atoms with van der Waals surface area (Å²) in [5.74, 6) is 0.397. The summed E-state index contributed by atoms with van der Waals surface area (Å²) in [6.07, 6.45) is 2.41. The monoisotopic (exact) mass is 207 g/mol. The van der Waals surface area contributed by atoms with E-state index in [-0.39, 0.29) is 6.04 Å². The number of benzene rings is 1. The van der Waals surface area contributed by atoms with Gasteiger partial charge in [0.15, 0.2) is 0 Å². The fraction of sp³-hybridized carbons (Fsp3) is 0.538. The van der Waals surface area contributed by atoms with Crippen molar-refractivity contribution in [2.75, 3.05) is 13.6 Å². The standard InChI is InChI=1S/C13H21NO/c1-4-5-10-14(3)11(2)12-8-6-7-9-13(12)15/h6-9,11,15H,4-5,10H2,1-3H3. The van der Waals surface area contributed by atoms with Crippen molar-refractivity contribution < 1.29 is 5.11 Å². The van der Waals surface area contributed by atoms with Crippen LogP contribution in [0.1, 0.15) is 38.3 Å². The number of phenols is 1. The van der Waals surface area contributed by atoms with Gasteiger partial charge in [-0.25, -0.2) is 0 Å². The molecule has 1 unspecified atom stereocenters. The van der Waals surface area contributed by atoms with E-state index in [1.165, 1.54) is 12.8 Å². The van der Waals surface area contributed by atoms with Crippen LogP contribution in [-0.4, -0.2) is 23.6 Å². The van der Waals surface area contributed by atoms with Crippen molar-refractivity contribution in [2.45, 2.75) is 32.7 Å². The van der Waals surface area contributed by atoms with Crippen LogP contribution in [0.5, 0.6) is 5.75 Å². The van der Waals surface area contributed by atoms with Crippen LogP contribution in [0.2, 0.25) is 0 Å². The van der Waals surface area contributed by atoms with Gasteiger partial charge in [0.2, 0.25) is 0 Å². The van der Waals surface area contributed by atoms with Gasteiger partial charge in [-0.05, 0) is 33.0 Å². The first-order valence-electron chi connectivity index (χ1n) is 5.65. The van der Waals surface area contributed by atoms with E-state index in [1.54, 1.807) is 6.07 Å². The first-order chi connectivity index (χ1) is 7.16. The molecule has 0 aliphatic heterocycles. The fourth-order valence-corrected chi connectivity index (χ4v) is 1.68. The van der Waals surface area contributed by atoms with Gasteiger partial charge in [0.25, 0.3) is 0 Å². The van der Waals surface area contributed by atoms with E-state index in [9.17, 15) is 5.11 Å². The van der Waals surface area contributed by atoms with Crippen molar-refractivity contribution in [1.29, 1.82) is 0 Å². The maximum atomic E-state index is 9.73. The highest BCUT2D eigenvalue weighted by molar-refractivity contribution is 5.34. The molecule has 0 fully saturated rings. The van der Waals surface area contributed by atoms with Gasteiger partial charge in [-0.2, -0.15) is 0 Å². The molecule has 0 aliphatic carbocycles. The third kappa shape index (κ3) is 3.24. The molecule has 1 N–H and O–H groups in total. The van der Waals surface area contributed by atoms with Crippen molar-refractivity contribution in [2.24, 2.45) is 0 Å². The predicted octanol–water partition coefficient (Wildman–Crippen LogP) is 3.19. The molecule has 1 rings (SSSR count). The minimum atomic E-state index is 0.276. The lowest BCUT2D eigenvalue weighted by molar-refractivity contribution is 0.252. The lowest BCUT2D eigenvalue weighted by atomic mass is 10.1. The Balaban J connectivity index is 2.67. The lowest BCUT2D eigenvalue weighted by Gasteiger charge is -2.25. The molecular formula is C13H21NO. The zero-order valence-corrected chi connectivity index (χ0v) is 9.90. The van der Waals surface area contributed by atoms with Gasteiger partial charge in [0, 0.05) is 11.6 Å². The Kier molecular flexibility index (Phi) is 4.63. The zero-order chi connectivity index (χ0) is 11.3. The van der Waals surface area contributed by atoms with Crippen molar-refractivity contribution >= 4 is 0 Å². The van der Waals surface area contributed by atoms with Gasteiger partial charge in [0.05, 0.1) is 0 Å². The first kappa shape index (κ1) is 12.1. The van der Waals surface area contributed by atoms with E-state index in [2.05, 4.69) is 25.8 Å². The van der Waals surface area contributed by atoms with Crippen molar-refractivity contribution in [3.63, 3.8) is 0 Å². The second-order valence-corrected chi connectivity index (χ2v) is 4.07. The van der Waals surface area contributed by atoms with Crippen molar-refractivity contribution in [3.05, 3.63) is 29.8 Å². The molecule has 0 aromatic heterocycles. The van der Waals surface area contributed by atoms with Gasteiger partial charge >= 0.3 is 0 Å². The average Bonchev–Trinajstić information content (AvgIpc) is 2.25. The second-order valence-electron chi connectivity index (χ2n) is 4.07. The SMILES string of the molecule is CCCCN(C)C(C)c1ccccc1O. The summed E-state index contributed by atoms with van der Waals surface area (Å²) in [7, 11) is 2.10. The predicted molar refractivity (Wildman–Crippen MR) is 64.1 cm³/mol. The summed E-state index contributed by atoms with van der Waals surface area (Å²) in [6, 6.07) is 7.84. The Labute approximate surface area is 92.5 Å². The number of unbranched alkanes of at least 4 members (excludes halogenated alkanes) is 1. The highest BCUT2D eigenvalue weighted by atomic mass is 16.3. The molecule has 2 nitrogen and oxygen atoms in total. The third-order valence-electron chi connectivity index (χ3n) is 2.91. The first-order valence-corrected chi connectivity index (χ1v) is 5.65. The van der Waals surface area contributed by atoms with Crippen LogP contribution >= 0.6 is 0 Å². The number of aromatic hydroxyl groups is 1. The highest BCUT2D eigenvalue weighted by Crippen LogP contribution is 2.26. The molecule has 0 heterocycles. The maximum absolute atomic E-state index is 9.73. The number of nitrogens with zero attached hydrogens (tertiary/aromatic N) is 1. The molecule has 1 aromatic rings. The summed E-state index contributed by atoms with van der Waals surface area (Å²) in [5, 5.41) is 9.73. The molecule has 0 aliphatic rings. The van der Waals surface area contributed by atoms with E-state index in [0.29, 0.717) is 5.75 Å². The summed E-state index contributed by atoms with van der Waals surface area (Å²) in [6.45, 7) is 5.40. The number of phenolic OH excluding ortho intramolecular Hbond substituents is 1. The van der Waals surface area contributed by atoms with Crippen LogP contribution in [-0.2, 0) is 0 Å². The molecule has 2 heteroatoms. The van der Waals surface area contributed by atoms with E-state index >= 15 is 0 Å². The van der Waals surface area contributed by atoms with E-state index in [4.69, 9.17) is 0 Å². The summed E-state index contributed by atoms with van der Waals surface area (Å²) >= 11 is 0. The van der Waals surface area contributed by atoms with E-state index in [1.807, 2.05) is 18.2 Å². The number of rotatable bonds is 5. The average molecular weight is 207 g/mol. The van der Waals surface area contributed by atoms with E-state index < -0.39 is 0 Å². The van der Waals surface area contributed by atoms with E-state index in [0.717, 1.165) is 12.1 Å². The zero-order valence-electron chi connectivity index (χ0n) is 9.90. The van der Waals surface area contributed by atoms with Gasteiger partial charge < -0.3 is 5.11 Å². The molecule has 15 heavy (non-hydrogen) atoms. The minimum absolute atomic E-state index is 0.276. The highest BCUT2D eigenvalue weighted by Gasteiger charge is 2.13. The fourth-order valence-electron chi connectivity index (χ4n) is 1.68. The van der Waals surface area contributed by atoms with Crippen molar-refractivity contribution in [1.82, 2.24) is 4.90 Å². The molecule has 84 valence electrons. The summed E-state index contributed by atoms with van der Waals surface area (Å²) in [5.41, 5.74) is 1.01. The quantitative estimate of drug-likeness (QED) is 0.801.